The predicted octanol–water partition coefficient (Wildman–Crippen LogP) is 25.6. The van der Waals surface area contributed by atoms with Gasteiger partial charge in [0.05, 0.1) is 0 Å². The molecule has 0 amide bonds. The SMILES string of the molecule is Cc1c(C(c2ccccc2)c2ccc(O)c(O)c2C)ccc(O)c1O.Cc1c(Cc2ccc(O)c(O)c2C)ccc(O)c1O.Cc1cc(Cc2ccc(O)c(C)c2O)cc(C)c1O.Cc1cc(Cc2ccc(O)c(O)c2O)cc(C)c1O.Cc1cc(O)c(O)cc1Cc1cc(C)c(O)c(C)c1.Cc1ccc(C(c2ccc(O)c(C)c2O)c2ccc(O)c(C)c2O)cc1.Cc1ccc(C(c2ccc(O)cc2)c2ccc(O)cc2)cc1. The van der Waals surface area contributed by atoms with Crippen LogP contribution in [-0.4, -0.2) is 123 Å². The largest absolute Gasteiger partial charge is 0.508 e. The third-order valence-electron chi connectivity index (χ3n) is 26.8. The maximum absolute atomic E-state index is 10.6. The number of hydrogen-bond acceptors (Lipinski definition) is 24. The highest BCUT2D eigenvalue weighted by Crippen LogP contribution is 2.49. The topological polar surface area (TPSA) is 486 Å². The first-order chi connectivity index (χ1) is 70.4. The van der Waals surface area contributed by atoms with Gasteiger partial charge < -0.3 is 123 Å². The fourth-order valence-electron chi connectivity index (χ4n) is 17.7. The van der Waals surface area contributed by atoms with Gasteiger partial charge >= 0.3 is 0 Å². The van der Waals surface area contributed by atoms with Crippen LogP contribution in [-0.2, 0) is 25.7 Å². The molecular formula is C125H128O24. The zero-order valence-corrected chi connectivity index (χ0v) is 85.8. The van der Waals surface area contributed by atoms with E-state index < -0.39 is 11.7 Å². The van der Waals surface area contributed by atoms with Crippen LogP contribution in [0.5, 0.6) is 138 Å². The summed E-state index contributed by atoms with van der Waals surface area (Å²) in [7, 11) is 0. The third kappa shape index (κ3) is 26.8. The molecule has 0 aliphatic rings. The van der Waals surface area contributed by atoms with Crippen molar-refractivity contribution in [2.45, 2.75) is 154 Å². The van der Waals surface area contributed by atoms with Gasteiger partial charge in [-0.3, -0.25) is 0 Å². The standard InChI is InChI=1S/C22H22O4.C21H20O4.C20H18O2.2C16H18O3.2C15H16O4/c1-12-4-6-15(7-5-12)20(16-8-10-18(23)13(2)21(16)25)17-9-11-19(24)14(3)22(17)26;1-12-15(8-10-17(22)20(12)24)19(14-6-4-3-5-7-14)16-9-11-18(23)21(25)13(16)2;1-14-2-4-15(5-3-14)20(16-6-10-18(21)11-7-16)17-8-12-19(22)13-9-17;1-9-6-14(17)15(18)8-13(9)7-12-4-10(2)16(19)11(3)5-12;1-9-6-12(7-10(2)15(9)18)8-13-4-5-14(17)11(3)16(13)19;1-8-10(3-5-12(16)14(8)18)7-11-4-6-13(17)15(19)9(11)2;1-8-5-10(6-9(2)13(8)17)7-11-3-4-12(16)15(19)14(11)18/h4-11,20,23-26H,1-3H3;3-11,19,22-25H,1-2H3;2-13,20-22H,1H3;4-6,8,17-19H,7H2,1-3H3;4-7,17-19H,8H2,1-3H3;2*3-6,16-19H,7H2,1-2H3. The van der Waals surface area contributed by atoms with Crippen molar-refractivity contribution in [2.24, 2.45) is 0 Å². The van der Waals surface area contributed by atoms with E-state index in [2.05, 4.69) is 31.2 Å². The van der Waals surface area contributed by atoms with E-state index in [1.54, 1.807) is 153 Å². The summed E-state index contributed by atoms with van der Waals surface area (Å²) in [6.45, 7) is 28.9. The molecule has 149 heavy (non-hydrogen) atoms. The molecule has 0 atom stereocenters. The highest BCUT2D eigenvalue weighted by atomic mass is 16.3. The van der Waals surface area contributed by atoms with Crippen LogP contribution >= 0.6 is 0 Å². The van der Waals surface area contributed by atoms with Crippen molar-refractivity contribution < 1.29 is 123 Å². The molecule has 0 radical (unpaired) electrons. The van der Waals surface area contributed by atoms with Crippen LogP contribution in [0.2, 0.25) is 0 Å². The Morgan fingerprint density at radius 3 is 0.779 bits per heavy atom. The minimum atomic E-state index is -0.510. The van der Waals surface area contributed by atoms with Crippen molar-refractivity contribution in [1.29, 1.82) is 0 Å². The number of phenols is 24. The van der Waals surface area contributed by atoms with E-state index in [9.17, 15) is 123 Å². The van der Waals surface area contributed by atoms with Gasteiger partial charge in [0.25, 0.3) is 0 Å². The zero-order chi connectivity index (χ0) is 109. The molecule has 0 heterocycles. The summed E-state index contributed by atoms with van der Waals surface area (Å²) in [5.41, 5.74) is 26.7. The first kappa shape index (κ1) is 111. The first-order valence-electron chi connectivity index (χ1n) is 47.9. The molecule has 0 spiro atoms. The summed E-state index contributed by atoms with van der Waals surface area (Å²) in [5.74, 6) is -1.55. The fraction of sp³-hybridized carbons (Fsp3) is 0.184. The van der Waals surface area contributed by atoms with Gasteiger partial charge in [-0.15, -0.1) is 0 Å². The lowest BCUT2D eigenvalue weighted by molar-refractivity contribution is 0.365. The molecule has 0 fully saturated rings. The van der Waals surface area contributed by atoms with Gasteiger partial charge in [-0.05, 0) is 348 Å². The average molecular weight is 2010 g/mol. The number of aryl methyl sites for hydroxylation is 9. The Hall–Kier alpha value is -18.1. The minimum absolute atomic E-state index is 0.0132. The molecule has 0 saturated carbocycles. The maximum atomic E-state index is 10.6. The summed E-state index contributed by atoms with van der Waals surface area (Å²) in [6, 6.07) is 80.4. The Morgan fingerprint density at radius 1 is 0.154 bits per heavy atom. The number of benzene rings is 17. The summed E-state index contributed by atoms with van der Waals surface area (Å²) in [6.07, 6.45) is 2.12. The number of aromatic hydroxyl groups is 24. The molecule has 24 N–H and O–H groups in total. The monoisotopic (exact) mass is 2010 g/mol. The number of rotatable bonds is 17. The Morgan fingerprint density at radius 2 is 0.416 bits per heavy atom. The Kier molecular flexibility index (Phi) is 36.3. The highest BCUT2D eigenvalue weighted by molar-refractivity contribution is 5.65. The van der Waals surface area contributed by atoms with Crippen molar-refractivity contribution in [3.8, 4) is 138 Å². The Bertz CT molecular complexity index is 7120. The average Bonchev–Trinajstić information content (AvgIpc) is 0.761. The zero-order valence-electron chi connectivity index (χ0n) is 85.8. The van der Waals surface area contributed by atoms with Gasteiger partial charge in [0, 0.05) is 64.0 Å². The highest BCUT2D eigenvalue weighted by Gasteiger charge is 2.29. The van der Waals surface area contributed by atoms with E-state index in [0.717, 1.165) is 117 Å². The summed E-state index contributed by atoms with van der Waals surface area (Å²) < 4.78 is 0. The molecule has 0 saturated heterocycles. The van der Waals surface area contributed by atoms with Crippen LogP contribution in [0.4, 0.5) is 0 Å². The molecule has 0 aromatic heterocycles. The van der Waals surface area contributed by atoms with E-state index in [1.165, 1.54) is 53.6 Å². The molecule has 24 heteroatoms. The van der Waals surface area contributed by atoms with Gasteiger partial charge in [-0.1, -0.05) is 199 Å². The number of hydrogen-bond donors (Lipinski definition) is 24. The van der Waals surface area contributed by atoms with Crippen LogP contribution in [0, 0.1) is 111 Å². The van der Waals surface area contributed by atoms with Crippen LogP contribution in [0.15, 0.2) is 273 Å². The van der Waals surface area contributed by atoms with Crippen molar-refractivity contribution >= 4 is 0 Å². The predicted molar refractivity (Wildman–Crippen MR) is 579 cm³/mol. The molecule has 17 aromatic carbocycles. The van der Waals surface area contributed by atoms with Crippen molar-refractivity contribution in [2.75, 3.05) is 0 Å². The van der Waals surface area contributed by atoms with Crippen LogP contribution in [0.25, 0.3) is 0 Å². The second-order valence-electron chi connectivity index (χ2n) is 37.6. The first-order valence-corrected chi connectivity index (χ1v) is 47.9. The lowest BCUT2D eigenvalue weighted by atomic mass is 9.81. The van der Waals surface area contributed by atoms with Gasteiger partial charge in [-0.25, -0.2) is 0 Å². The molecule has 0 bridgehead atoms. The van der Waals surface area contributed by atoms with E-state index in [0.29, 0.717) is 92.8 Å². The number of phenolic OH excluding ortho intramolecular Hbond substituents is 24. The molecule has 0 aliphatic carbocycles. The second kappa shape index (κ2) is 48.6. The quantitative estimate of drug-likeness (QED) is 0.0297. The van der Waals surface area contributed by atoms with Gasteiger partial charge in [0.1, 0.15) is 63.2 Å². The molecule has 17 aromatic rings. The van der Waals surface area contributed by atoms with Gasteiger partial charge in [0.2, 0.25) is 5.75 Å². The van der Waals surface area contributed by atoms with Crippen LogP contribution in [0.1, 0.15) is 201 Å². The second-order valence-corrected chi connectivity index (χ2v) is 37.6. The summed E-state index contributed by atoms with van der Waals surface area (Å²) in [4.78, 5) is 0. The molecule has 0 aliphatic heterocycles. The van der Waals surface area contributed by atoms with E-state index >= 15 is 0 Å². The van der Waals surface area contributed by atoms with E-state index in [-0.39, 0.29) is 133 Å². The van der Waals surface area contributed by atoms with Crippen molar-refractivity contribution in [3.63, 3.8) is 0 Å². The van der Waals surface area contributed by atoms with Crippen molar-refractivity contribution in [3.05, 3.63) is 457 Å². The smallest absolute Gasteiger partial charge is 0.200 e. The summed E-state index contributed by atoms with van der Waals surface area (Å²) >= 11 is 0. The lowest BCUT2D eigenvalue weighted by Gasteiger charge is -2.24. The molecular weight excluding hydrogens is 1890 g/mol. The summed E-state index contributed by atoms with van der Waals surface area (Å²) in [5, 5.41) is 234. The van der Waals surface area contributed by atoms with E-state index in [4.69, 9.17) is 0 Å². The van der Waals surface area contributed by atoms with Crippen LogP contribution < -0.4 is 0 Å². The molecule has 0 unspecified atom stereocenters. The maximum Gasteiger partial charge on any atom is 0.200 e. The minimum Gasteiger partial charge on any atom is -0.508 e. The van der Waals surface area contributed by atoms with Crippen molar-refractivity contribution in [1.82, 2.24) is 0 Å². The van der Waals surface area contributed by atoms with E-state index in [1.807, 2.05) is 157 Å². The Balaban J connectivity index is 0.000000166. The van der Waals surface area contributed by atoms with Gasteiger partial charge in [-0.2, -0.15) is 0 Å². The fourth-order valence-corrected chi connectivity index (χ4v) is 17.7. The van der Waals surface area contributed by atoms with Gasteiger partial charge in [0.15, 0.2) is 69.0 Å². The molecule has 24 nitrogen and oxygen atoms in total. The van der Waals surface area contributed by atoms with Crippen LogP contribution in [0.3, 0.4) is 0 Å². The molecule has 17 rings (SSSR count). The Labute approximate surface area is 866 Å². The normalized spacial score (nSPS) is 10.8. The lowest BCUT2D eigenvalue weighted by Crippen LogP contribution is -2.07. The third-order valence-corrected chi connectivity index (χ3v) is 26.8. The molecule has 772 valence electrons.